The maximum Gasteiger partial charge on any atom is 0.0931 e. The number of nitrogens with zero attached hydrogens (tertiary/aromatic N) is 1. The Morgan fingerprint density at radius 1 is 1.21 bits per heavy atom. The van der Waals surface area contributed by atoms with Crippen molar-refractivity contribution in [2.24, 2.45) is 0 Å². The molecule has 72 valence electrons. The van der Waals surface area contributed by atoms with Gasteiger partial charge in [0.25, 0.3) is 0 Å². The van der Waals surface area contributed by atoms with Crippen molar-refractivity contribution in [3.05, 3.63) is 42.9 Å². The van der Waals surface area contributed by atoms with Gasteiger partial charge in [-0.25, -0.2) is 10.4 Å². The smallest absolute Gasteiger partial charge is 0.0931 e. The second kappa shape index (κ2) is 4.43. The van der Waals surface area contributed by atoms with E-state index in [1.807, 2.05) is 36.5 Å². The number of para-hydroxylation sites is 2. The van der Waals surface area contributed by atoms with Crippen LogP contribution in [0.2, 0.25) is 0 Å². The fourth-order valence-corrected chi connectivity index (χ4v) is 1.17. The van der Waals surface area contributed by atoms with E-state index in [0.717, 1.165) is 17.6 Å². The molecular weight excluding hydrogens is 176 g/mol. The Hall–Kier alpha value is -1.81. The Morgan fingerprint density at radius 2 is 2.14 bits per heavy atom. The maximum atomic E-state index is 4.06. The molecule has 2 aromatic rings. The second-order valence-corrected chi connectivity index (χ2v) is 2.85. The standard InChI is InChI=1S/C7H6N2.C3H6N2/c1-2-4-7-6(3-1)8-5-9-7;1-2-4-5-3-1/h1-5H,(H,8,9);1-2,4-5H,3H2. The Labute approximate surface area is 82.0 Å². The molecule has 0 saturated carbocycles. The zero-order chi connectivity index (χ0) is 9.64. The third-order valence-electron chi connectivity index (χ3n) is 1.85. The fourth-order valence-electron chi connectivity index (χ4n) is 1.17. The first-order chi connectivity index (χ1) is 6.97. The summed E-state index contributed by atoms with van der Waals surface area (Å²) in [5.41, 5.74) is 7.77. The summed E-state index contributed by atoms with van der Waals surface area (Å²) in [6.45, 7) is 0.958. The summed E-state index contributed by atoms with van der Waals surface area (Å²) in [4.78, 5) is 7.07. The number of H-pyrrole nitrogens is 1. The SMILES string of the molecule is C1=CNNC1.c1ccc2[nH]cnc2c1. The van der Waals surface area contributed by atoms with Crippen LogP contribution >= 0.6 is 0 Å². The van der Waals surface area contributed by atoms with Crippen LogP contribution in [0.4, 0.5) is 0 Å². The molecular formula is C10H12N4. The Morgan fingerprint density at radius 3 is 2.79 bits per heavy atom. The molecule has 0 amide bonds. The van der Waals surface area contributed by atoms with Gasteiger partial charge < -0.3 is 10.4 Å². The summed E-state index contributed by atoms with van der Waals surface area (Å²) in [5, 5.41) is 0. The van der Waals surface area contributed by atoms with Gasteiger partial charge in [-0.1, -0.05) is 18.2 Å². The van der Waals surface area contributed by atoms with E-state index in [2.05, 4.69) is 20.8 Å². The van der Waals surface area contributed by atoms with Crippen molar-refractivity contribution in [2.75, 3.05) is 6.54 Å². The molecule has 0 radical (unpaired) electrons. The van der Waals surface area contributed by atoms with Crippen LogP contribution in [0.15, 0.2) is 42.9 Å². The van der Waals surface area contributed by atoms with Gasteiger partial charge in [-0.2, -0.15) is 0 Å². The molecule has 0 fully saturated rings. The summed E-state index contributed by atoms with van der Waals surface area (Å²) in [6, 6.07) is 7.94. The van der Waals surface area contributed by atoms with Gasteiger partial charge in [0.05, 0.1) is 17.4 Å². The molecule has 0 aliphatic carbocycles. The molecule has 0 atom stereocenters. The number of aromatic amines is 1. The average Bonchev–Trinajstić information content (AvgIpc) is 2.92. The predicted molar refractivity (Wildman–Crippen MR) is 56.4 cm³/mol. The number of benzene rings is 1. The maximum absolute atomic E-state index is 4.06. The quantitative estimate of drug-likeness (QED) is 0.581. The third kappa shape index (κ3) is 2.11. The van der Waals surface area contributed by atoms with E-state index in [1.165, 1.54) is 0 Å². The monoisotopic (exact) mass is 188 g/mol. The number of hydrazine groups is 1. The first kappa shape index (κ1) is 8.77. The van der Waals surface area contributed by atoms with Gasteiger partial charge in [0.15, 0.2) is 0 Å². The predicted octanol–water partition coefficient (Wildman–Crippen LogP) is 1.17. The number of aromatic nitrogens is 2. The molecule has 1 aliphatic rings. The summed E-state index contributed by atoms with van der Waals surface area (Å²) < 4.78 is 0. The largest absolute Gasteiger partial charge is 0.345 e. The van der Waals surface area contributed by atoms with E-state index < -0.39 is 0 Å². The van der Waals surface area contributed by atoms with Gasteiger partial charge in [0.2, 0.25) is 0 Å². The summed E-state index contributed by atoms with van der Waals surface area (Å²) in [5.74, 6) is 0. The van der Waals surface area contributed by atoms with Gasteiger partial charge in [-0.15, -0.1) is 0 Å². The van der Waals surface area contributed by atoms with Crippen LogP contribution < -0.4 is 10.9 Å². The lowest BCUT2D eigenvalue weighted by Gasteiger charge is -1.83. The van der Waals surface area contributed by atoms with Gasteiger partial charge in [0, 0.05) is 12.7 Å². The summed E-state index contributed by atoms with van der Waals surface area (Å²) in [6.07, 6.45) is 5.59. The summed E-state index contributed by atoms with van der Waals surface area (Å²) >= 11 is 0. The number of imidazole rings is 1. The van der Waals surface area contributed by atoms with Crippen LogP contribution in [0.25, 0.3) is 11.0 Å². The van der Waals surface area contributed by atoms with Gasteiger partial charge in [0.1, 0.15) is 0 Å². The van der Waals surface area contributed by atoms with Crippen molar-refractivity contribution in [3.8, 4) is 0 Å². The molecule has 2 heterocycles. The second-order valence-electron chi connectivity index (χ2n) is 2.85. The van der Waals surface area contributed by atoms with Crippen LogP contribution in [0.3, 0.4) is 0 Å². The number of nitrogens with one attached hydrogen (secondary N) is 3. The number of hydrogen-bond donors (Lipinski definition) is 3. The van der Waals surface area contributed by atoms with Gasteiger partial charge in [-0.3, -0.25) is 0 Å². The first-order valence-electron chi connectivity index (χ1n) is 4.48. The molecule has 4 nitrogen and oxygen atoms in total. The first-order valence-corrected chi connectivity index (χ1v) is 4.48. The lowest BCUT2D eigenvalue weighted by atomic mass is 10.3. The molecule has 0 saturated heterocycles. The van der Waals surface area contributed by atoms with Crippen molar-refractivity contribution in [1.82, 2.24) is 20.8 Å². The number of rotatable bonds is 0. The van der Waals surface area contributed by atoms with Crippen LogP contribution in [-0.2, 0) is 0 Å². The number of fused-ring (bicyclic) bond motifs is 1. The van der Waals surface area contributed by atoms with Crippen LogP contribution in [0, 0.1) is 0 Å². The third-order valence-corrected chi connectivity index (χ3v) is 1.85. The van der Waals surface area contributed by atoms with Crippen LogP contribution in [0.1, 0.15) is 0 Å². The topological polar surface area (TPSA) is 52.7 Å². The minimum Gasteiger partial charge on any atom is -0.345 e. The Balaban J connectivity index is 0.000000128. The van der Waals surface area contributed by atoms with Gasteiger partial charge >= 0.3 is 0 Å². The molecule has 0 unspecified atom stereocenters. The lowest BCUT2D eigenvalue weighted by Crippen LogP contribution is -2.19. The van der Waals surface area contributed by atoms with E-state index in [1.54, 1.807) is 6.33 Å². The average molecular weight is 188 g/mol. The molecule has 1 aromatic heterocycles. The van der Waals surface area contributed by atoms with Crippen molar-refractivity contribution in [1.29, 1.82) is 0 Å². The van der Waals surface area contributed by atoms with Gasteiger partial charge in [-0.05, 0) is 12.1 Å². The highest BCUT2D eigenvalue weighted by atomic mass is 15.4. The lowest BCUT2D eigenvalue weighted by molar-refractivity contribution is 0.727. The molecule has 1 aliphatic heterocycles. The molecule has 0 spiro atoms. The zero-order valence-corrected chi connectivity index (χ0v) is 7.70. The van der Waals surface area contributed by atoms with Crippen molar-refractivity contribution in [2.45, 2.75) is 0 Å². The van der Waals surface area contributed by atoms with E-state index in [-0.39, 0.29) is 0 Å². The van der Waals surface area contributed by atoms with E-state index in [0.29, 0.717) is 0 Å². The molecule has 3 N–H and O–H groups in total. The molecule has 1 aromatic carbocycles. The molecule has 4 heteroatoms. The fraction of sp³-hybridized carbons (Fsp3) is 0.100. The summed E-state index contributed by atoms with van der Waals surface area (Å²) in [7, 11) is 0. The normalized spacial score (nSPS) is 13.4. The number of hydrogen-bond acceptors (Lipinski definition) is 3. The Bertz CT molecular complexity index is 382. The minimum absolute atomic E-state index is 0.958. The zero-order valence-electron chi connectivity index (χ0n) is 7.70. The molecule has 14 heavy (non-hydrogen) atoms. The van der Waals surface area contributed by atoms with Crippen molar-refractivity contribution in [3.63, 3.8) is 0 Å². The Kier molecular flexibility index (Phi) is 2.78. The van der Waals surface area contributed by atoms with Crippen molar-refractivity contribution >= 4 is 11.0 Å². The van der Waals surface area contributed by atoms with E-state index in [4.69, 9.17) is 0 Å². The van der Waals surface area contributed by atoms with Crippen LogP contribution in [-0.4, -0.2) is 16.5 Å². The van der Waals surface area contributed by atoms with Crippen molar-refractivity contribution < 1.29 is 0 Å². The minimum atomic E-state index is 0.958. The highest BCUT2D eigenvalue weighted by Gasteiger charge is 1.88. The van der Waals surface area contributed by atoms with Crippen LogP contribution in [0.5, 0.6) is 0 Å². The molecule has 3 rings (SSSR count). The highest BCUT2D eigenvalue weighted by Crippen LogP contribution is 2.05. The molecule has 0 bridgehead atoms. The van der Waals surface area contributed by atoms with E-state index in [9.17, 15) is 0 Å². The highest BCUT2D eigenvalue weighted by molar-refractivity contribution is 5.73. The van der Waals surface area contributed by atoms with E-state index >= 15 is 0 Å².